The van der Waals surface area contributed by atoms with Crippen molar-refractivity contribution < 1.29 is 9.59 Å². The van der Waals surface area contributed by atoms with Crippen molar-refractivity contribution >= 4 is 23.2 Å². The number of anilines is 2. The first-order valence-corrected chi connectivity index (χ1v) is 9.55. The molecule has 2 amide bonds. The minimum atomic E-state index is -0.131. The Bertz CT molecular complexity index is 963. The molecule has 0 saturated carbocycles. The van der Waals surface area contributed by atoms with Crippen LogP contribution in [0.2, 0.25) is 0 Å². The number of hydrogen-bond acceptors (Lipinski definition) is 3. The average molecular weight is 387 g/mol. The maximum Gasteiger partial charge on any atom is 0.251 e. The van der Waals surface area contributed by atoms with Gasteiger partial charge in [-0.05, 0) is 54.8 Å². The summed E-state index contributed by atoms with van der Waals surface area (Å²) in [5, 5.41) is 8.93. The first-order chi connectivity index (χ1) is 14.0. The molecule has 0 unspecified atom stereocenters. The maximum absolute atomic E-state index is 12.3. The van der Waals surface area contributed by atoms with Crippen LogP contribution in [-0.4, -0.2) is 18.4 Å². The van der Waals surface area contributed by atoms with Crippen LogP contribution in [0.4, 0.5) is 11.4 Å². The fourth-order valence-corrected chi connectivity index (χ4v) is 3.00. The lowest BCUT2D eigenvalue weighted by atomic mass is 10.1. The van der Waals surface area contributed by atoms with E-state index < -0.39 is 0 Å². The maximum atomic E-state index is 12.3. The van der Waals surface area contributed by atoms with Crippen LogP contribution in [0.15, 0.2) is 72.8 Å². The molecule has 0 atom stereocenters. The number of carbonyl (C=O) groups excluding carboxylic acids is 2. The van der Waals surface area contributed by atoms with Crippen molar-refractivity contribution in [2.45, 2.75) is 20.4 Å². The van der Waals surface area contributed by atoms with E-state index in [0.717, 1.165) is 28.1 Å². The summed E-state index contributed by atoms with van der Waals surface area (Å²) in [6, 6.07) is 22.8. The Morgan fingerprint density at radius 3 is 2.10 bits per heavy atom. The van der Waals surface area contributed by atoms with E-state index in [0.29, 0.717) is 12.1 Å². The van der Waals surface area contributed by atoms with Gasteiger partial charge in [-0.15, -0.1) is 0 Å². The first-order valence-electron chi connectivity index (χ1n) is 9.55. The Hall–Kier alpha value is -3.60. The van der Waals surface area contributed by atoms with Gasteiger partial charge in [-0.3, -0.25) is 9.59 Å². The smallest absolute Gasteiger partial charge is 0.251 e. The zero-order valence-electron chi connectivity index (χ0n) is 16.7. The van der Waals surface area contributed by atoms with Gasteiger partial charge in [-0.25, -0.2) is 0 Å². The second-order valence-electron chi connectivity index (χ2n) is 6.91. The topological polar surface area (TPSA) is 70.2 Å². The molecule has 3 N–H and O–H groups in total. The zero-order chi connectivity index (χ0) is 20.6. The van der Waals surface area contributed by atoms with Gasteiger partial charge in [0.2, 0.25) is 5.91 Å². The molecule has 29 heavy (non-hydrogen) atoms. The molecule has 0 aliphatic heterocycles. The van der Waals surface area contributed by atoms with Crippen molar-refractivity contribution in [2.24, 2.45) is 0 Å². The lowest BCUT2D eigenvalue weighted by molar-refractivity contribution is -0.114. The van der Waals surface area contributed by atoms with Crippen LogP contribution in [0.25, 0.3) is 0 Å². The number of aryl methyl sites for hydroxylation is 2. The van der Waals surface area contributed by atoms with E-state index in [1.165, 1.54) is 0 Å². The molecule has 3 aromatic rings. The number of benzene rings is 3. The SMILES string of the molecule is Cc1cccc(C)c1NC(=O)CNc1ccc(C(=O)NCc2ccccc2)cc1. The van der Waals surface area contributed by atoms with Gasteiger partial charge in [0, 0.05) is 23.5 Å². The highest BCUT2D eigenvalue weighted by Gasteiger charge is 2.08. The lowest BCUT2D eigenvalue weighted by Crippen LogP contribution is -2.23. The molecular formula is C24H25N3O2. The zero-order valence-corrected chi connectivity index (χ0v) is 16.7. The number of rotatable bonds is 7. The van der Waals surface area contributed by atoms with E-state index in [1.807, 2.05) is 62.4 Å². The number of amides is 2. The first kappa shape index (κ1) is 20.1. The minimum Gasteiger partial charge on any atom is -0.376 e. The lowest BCUT2D eigenvalue weighted by Gasteiger charge is -2.12. The molecule has 148 valence electrons. The van der Waals surface area contributed by atoms with Gasteiger partial charge < -0.3 is 16.0 Å². The highest BCUT2D eigenvalue weighted by Crippen LogP contribution is 2.19. The summed E-state index contributed by atoms with van der Waals surface area (Å²) in [6.07, 6.45) is 0. The minimum absolute atomic E-state index is 0.118. The summed E-state index contributed by atoms with van der Waals surface area (Å²) < 4.78 is 0. The van der Waals surface area contributed by atoms with Gasteiger partial charge >= 0.3 is 0 Å². The van der Waals surface area contributed by atoms with Gasteiger partial charge in [0.15, 0.2) is 0 Å². The van der Waals surface area contributed by atoms with Gasteiger partial charge in [0.25, 0.3) is 5.91 Å². The molecule has 0 spiro atoms. The second kappa shape index (κ2) is 9.55. The van der Waals surface area contributed by atoms with Crippen molar-refractivity contribution in [1.29, 1.82) is 0 Å². The van der Waals surface area contributed by atoms with Crippen LogP contribution in [0.5, 0.6) is 0 Å². The van der Waals surface area contributed by atoms with Crippen LogP contribution in [0, 0.1) is 13.8 Å². The Labute approximate surface area is 171 Å². The summed E-state index contributed by atoms with van der Waals surface area (Å²) in [5.74, 6) is -0.250. The summed E-state index contributed by atoms with van der Waals surface area (Å²) in [6.45, 7) is 4.57. The number of para-hydroxylation sites is 1. The molecule has 0 fully saturated rings. The molecule has 5 nitrogen and oxygen atoms in total. The van der Waals surface area contributed by atoms with E-state index in [-0.39, 0.29) is 18.4 Å². The van der Waals surface area contributed by atoms with Crippen LogP contribution >= 0.6 is 0 Å². The normalized spacial score (nSPS) is 10.3. The van der Waals surface area contributed by atoms with Crippen molar-refractivity contribution in [1.82, 2.24) is 5.32 Å². The van der Waals surface area contributed by atoms with Gasteiger partial charge in [-0.2, -0.15) is 0 Å². The molecule has 0 aliphatic rings. The highest BCUT2D eigenvalue weighted by molar-refractivity contribution is 5.96. The Balaban J connectivity index is 1.50. The van der Waals surface area contributed by atoms with Crippen molar-refractivity contribution in [3.8, 4) is 0 Å². The fraction of sp³-hybridized carbons (Fsp3) is 0.167. The van der Waals surface area contributed by atoms with Crippen LogP contribution in [-0.2, 0) is 11.3 Å². The number of hydrogen-bond donors (Lipinski definition) is 3. The molecule has 3 rings (SSSR count). The molecule has 0 heterocycles. The molecule has 0 aliphatic carbocycles. The molecule has 5 heteroatoms. The third-order valence-corrected chi connectivity index (χ3v) is 4.64. The molecule has 3 aromatic carbocycles. The predicted molar refractivity (Wildman–Crippen MR) is 117 cm³/mol. The predicted octanol–water partition coefficient (Wildman–Crippen LogP) is 4.28. The molecule has 0 saturated heterocycles. The third kappa shape index (κ3) is 5.69. The molecule has 0 bridgehead atoms. The summed E-state index contributed by atoms with van der Waals surface area (Å²) >= 11 is 0. The Morgan fingerprint density at radius 2 is 1.45 bits per heavy atom. The van der Waals surface area contributed by atoms with E-state index in [1.54, 1.807) is 24.3 Å². The largest absolute Gasteiger partial charge is 0.376 e. The van der Waals surface area contributed by atoms with Crippen LogP contribution in [0.3, 0.4) is 0 Å². The van der Waals surface area contributed by atoms with Gasteiger partial charge in [0.05, 0.1) is 6.54 Å². The monoisotopic (exact) mass is 387 g/mol. The Kier molecular flexibility index (Phi) is 6.63. The second-order valence-corrected chi connectivity index (χ2v) is 6.91. The Morgan fingerprint density at radius 1 is 0.793 bits per heavy atom. The van der Waals surface area contributed by atoms with Crippen molar-refractivity contribution in [2.75, 3.05) is 17.2 Å². The van der Waals surface area contributed by atoms with Gasteiger partial charge in [0.1, 0.15) is 0 Å². The number of nitrogens with one attached hydrogen (secondary N) is 3. The summed E-state index contributed by atoms with van der Waals surface area (Å²) in [7, 11) is 0. The number of carbonyl (C=O) groups is 2. The molecule has 0 aromatic heterocycles. The van der Waals surface area contributed by atoms with Crippen LogP contribution < -0.4 is 16.0 Å². The third-order valence-electron chi connectivity index (χ3n) is 4.64. The molecule has 0 radical (unpaired) electrons. The van der Waals surface area contributed by atoms with E-state index in [9.17, 15) is 9.59 Å². The van der Waals surface area contributed by atoms with Crippen molar-refractivity contribution in [3.05, 3.63) is 95.1 Å². The molecular weight excluding hydrogens is 362 g/mol. The van der Waals surface area contributed by atoms with E-state index in [2.05, 4.69) is 16.0 Å². The summed E-state index contributed by atoms with van der Waals surface area (Å²) in [4.78, 5) is 24.5. The van der Waals surface area contributed by atoms with E-state index >= 15 is 0 Å². The average Bonchev–Trinajstić information content (AvgIpc) is 2.74. The summed E-state index contributed by atoms with van der Waals surface area (Å²) in [5.41, 5.74) is 5.32. The highest BCUT2D eigenvalue weighted by atomic mass is 16.2. The van der Waals surface area contributed by atoms with Gasteiger partial charge in [-0.1, -0.05) is 48.5 Å². The van der Waals surface area contributed by atoms with Crippen LogP contribution in [0.1, 0.15) is 27.0 Å². The quantitative estimate of drug-likeness (QED) is 0.567. The fourth-order valence-electron chi connectivity index (χ4n) is 3.00. The van der Waals surface area contributed by atoms with E-state index in [4.69, 9.17) is 0 Å². The standard InChI is InChI=1S/C24H25N3O2/c1-17-7-6-8-18(2)23(17)27-22(28)16-25-21-13-11-20(12-14-21)24(29)26-15-19-9-4-3-5-10-19/h3-14,25H,15-16H2,1-2H3,(H,26,29)(H,27,28). The van der Waals surface area contributed by atoms with Crippen molar-refractivity contribution in [3.63, 3.8) is 0 Å².